The summed E-state index contributed by atoms with van der Waals surface area (Å²) >= 11 is 1.41. The molecular weight excluding hydrogens is 289 g/mol. The van der Waals surface area contributed by atoms with E-state index in [-0.39, 0.29) is 11.7 Å². The van der Waals surface area contributed by atoms with Gasteiger partial charge in [0.25, 0.3) is 0 Å². The van der Waals surface area contributed by atoms with Crippen LogP contribution in [0.5, 0.6) is 5.75 Å². The van der Waals surface area contributed by atoms with Gasteiger partial charge in [0, 0.05) is 0 Å². The molecule has 0 saturated carbocycles. The van der Waals surface area contributed by atoms with Crippen LogP contribution in [0, 0.1) is 6.92 Å². The van der Waals surface area contributed by atoms with Gasteiger partial charge in [-0.05, 0) is 0 Å². The second-order valence-corrected chi connectivity index (χ2v) is 5.35. The topological polar surface area (TPSA) is 49.3 Å². The van der Waals surface area contributed by atoms with Crippen LogP contribution in [0.25, 0.3) is 0 Å². The van der Waals surface area contributed by atoms with Crippen molar-refractivity contribution in [2.45, 2.75) is 6.92 Å². The number of hydrogen-bond donors (Lipinski definition) is 2. The van der Waals surface area contributed by atoms with Gasteiger partial charge in [-0.3, -0.25) is 0 Å². The van der Waals surface area contributed by atoms with Crippen LogP contribution in [-0.2, 0) is 0 Å². The molecule has 1 amide bonds. The van der Waals surface area contributed by atoms with Crippen molar-refractivity contribution in [1.29, 1.82) is 0 Å². The summed E-state index contributed by atoms with van der Waals surface area (Å²) in [4.78, 5) is 12.0. The molecule has 0 aromatic heterocycles. The first-order chi connectivity index (χ1) is 8.58. The summed E-state index contributed by atoms with van der Waals surface area (Å²) in [5, 5.41) is 12.4. The monoisotopic (exact) mass is 303 g/mol. The van der Waals surface area contributed by atoms with Gasteiger partial charge in [0.15, 0.2) is 0 Å². The maximum atomic E-state index is 12.0. The zero-order chi connectivity index (χ0) is 13.1. The molecule has 0 aliphatic carbocycles. The molecule has 0 aliphatic heterocycles. The Morgan fingerprint density at radius 3 is 2.61 bits per heavy atom. The first-order valence-corrected chi connectivity index (χ1v) is 6.74. The third-order valence-electron chi connectivity index (χ3n) is 2.67. The summed E-state index contributed by atoms with van der Waals surface area (Å²) in [7, 11) is 0. The summed E-state index contributed by atoms with van der Waals surface area (Å²) in [5.41, 5.74) is 2.05. The van der Waals surface area contributed by atoms with E-state index in [1.807, 2.05) is 25.1 Å². The summed E-state index contributed by atoms with van der Waals surface area (Å²) in [6, 6.07) is 12.6. The molecule has 3 nitrogen and oxygen atoms in total. The van der Waals surface area contributed by atoms with E-state index in [4.69, 9.17) is 0 Å². The van der Waals surface area contributed by atoms with Gasteiger partial charge in [0.1, 0.15) is 0 Å². The molecule has 0 bridgehead atoms. The summed E-state index contributed by atoms with van der Waals surface area (Å²) in [6.45, 7) is 1.81. The first kappa shape index (κ1) is 12.7. The van der Waals surface area contributed by atoms with Crippen LogP contribution in [-0.4, -0.2) is 27.9 Å². The Bertz CT molecular complexity index is 596. The minimum absolute atomic E-state index is 0.154. The number of carbonyl (C=O) groups is 1. The van der Waals surface area contributed by atoms with E-state index in [1.54, 1.807) is 24.3 Å². The van der Waals surface area contributed by atoms with Gasteiger partial charge < -0.3 is 0 Å². The van der Waals surface area contributed by atoms with Gasteiger partial charge in [-0.1, -0.05) is 0 Å². The van der Waals surface area contributed by atoms with Crippen molar-refractivity contribution in [3.63, 3.8) is 0 Å². The van der Waals surface area contributed by atoms with Crippen LogP contribution in [0.1, 0.15) is 15.9 Å². The van der Waals surface area contributed by atoms with E-state index in [1.165, 1.54) is 16.9 Å². The molecule has 2 aromatic rings. The fourth-order valence-electron chi connectivity index (χ4n) is 1.59. The van der Waals surface area contributed by atoms with E-state index in [9.17, 15) is 9.90 Å². The normalized spacial score (nSPS) is 10.1. The summed E-state index contributed by atoms with van der Waals surface area (Å²) < 4.78 is 0.985. The predicted octanol–water partition coefficient (Wildman–Crippen LogP) is 1.21. The Morgan fingerprint density at radius 1 is 1.22 bits per heavy atom. The molecule has 0 radical (unpaired) electrons. The van der Waals surface area contributed by atoms with E-state index >= 15 is 0 Å². The van der Waals surface area contributed by atoms with Crippen LogP contribution < -0.4 is 9.67 Å². The van der Waals surface area contributed by atoms with Crippen molar-refractivity contribution < 1.29 is 9.90 Å². The number of hydrogen-bond acceptors (Lipinski definition) is 2. The number of carbonyl (C=O) groups excluding carboxylic acids is 1. The van der Waals surface area contributed by atoms with Crippen LogP contribution in [0.3, 0.4) is 0 Å². The number of phenolic OH excluding ortho intramolecular Hbond substituents is 1. The van der Waals surface area contributed by atoms with Gasteiger partial charge in [-0.25, -0.2) is 0 Å². The molecule has 1 unspecified atom stereocenters. The number of amides is 1. The van der Waals surface area contributed by atoms with Crippen LogP contribution in [0.2, 0.25) is 0 Å². The van der Waals surface area contributed by atoms with Crippen LogP contribution in [0.15, 0.2) is 42.5 Å². The van der Waals surface area contributed by atoms with Gasteiger partial charge in [-0.15, -0.1) is 0 Å². The number of aryl methyl sites for hydroxylation is 1. The molecule has 2 aromatic carbocycles. The number of nitrogens with one attached hydrogen (secondary N) is 1. The first-order valence-electron chi connectivity index (χ1n) is 5.53. The van der Waals surface area contributed by atoms with Crippen LogP contribution in [0.4, 0.5) is 5.69 Å². The van der Waals surface area contributed by atoms with Gasteiger partial charge in [0.05, 0.1) is 0 Å². The fourth-order valence-corrected chi connectivity index (χ4v) is 2.30. The Hall–Kier alpha value is -1.73. The van der Waals surface area contributed by atoms with E-state index in [0.717, 1.165) is 9.91 Å². The quantitative estimate of drug-likeness (QED) is 0.819. The number of benzene rings is 2. The fraction of sp³-hybridized carbons (Fsp3) is 0.0714. The van der Waals surface area contributed by atoms with E-state index < -0.39 is 0 Å². The Balaban J connectivity index is 2.22. The number of aromatic hydroxyl groups is 1. The molecule has 0 heterocycles. The Morgan fingerprint density at radius 2 is 1.94 bits per heavy atom. The third-order valence-corrected chi connectivity index (χ3v) is 3.73. The number of anilines is 1. The SMILES string of the molecule is Cc1ccc(NC(=O)c2ccccc2[AsH2])cc1O. The van der Waals surface area contributed by atoms with Crippen molar-refractivity contribution in [3.8, 4) is 5.75 Å². The zero-order valence-corrected chi connectivity index (χ0v) is 12.4. The zero-order valence-electron chi connectivity index (χ0n) is 9.97. The average Bonchev–Trinajstić information content (AvgIpc) is 2.34. The molecule has 0 fully saturated rings. The minimum atomic E-state index is -0.154. The van der Waals surface area contributed by atoms with Gasteiger partial charge in [0.2, 0.25) is 0 Å². The summed E-state index contributed by atoms with van der Waals surface area (Å²) in [6.07, 6.45) is 0. The second-order valence-electron chi connectivity index (χ2n) is 4.04. The number of rotatable bonds is 2. The van der Waals surface area contributed by atoms with Crippen molar-refractivity contribution >= 4 is 32.8 Å². The van der Waals surface area contributed by atoms with Crippen LogP contribution >= 0.6 is 0 Å². The number of phenols is 1. The molecule has 2 rings (SSSR count). The van der Waals surface area contributed by atoms with Gasteiger partial charge in [-0.2, -0.15) is 0 Å². The molecule has 2 N–H and O–H groups in total. The van der Waals surface area contributed by atoms with E-state index in [0.29, 0.717) is 11.3 Å². The molecule has 1 atom stereocenters. The van der Waals surface area contributed by atoms with Crippen molar-refractivity contribution in [2.24, 2.45) is 0 Å². The molecule has 0 saturated heterocycles. The second kappa shape index (κ2) is 5.28. The molecule has 4 heteroatoms. The van der Waals surface area contributed by atoms with E-state index in [2.05, 4.69) is 5.32 Å². The molecule has 0 aliphatic rings. The van der Waals surface area contributed by atoms with Crippen molar-refractivity contribution in [3.05, 3.63) is 53.6 Å². The summed E-state index contributed by atoms with van der Waals surface area (Å²) in [5.74, 6) is 0.0278. The average molecular weight is 303 g/mol. The standard InChI is InChI=1S/C14H14AsNO2/c1-9-6-7-10(8-13(9)17)16-14(18)11-4-2-3-5-12(11)15/h2-8,17H,15H2,1H3,(H,16,18). The molecule has 0 spiro atoms. The predicted molar refractivity (Wildman–Crippen MR) is 75.4 cm³/mol. The Kier molecular flexibility index (Phi) is 3.73. The maximum absolute atomic E-state index is 12.0. The van der Waals surface area contributed by atoms with Crippen molar-refractivity contribution in [1.82, 2.24) is 0 Å². The molecule has 92 valence electrons. The molecular formula is C14H14AsNO2. The Labute approximate surface area is 114 Å². The third kappa shape index (κ3) is 2.74. The molecule has 18 heavy (non-hydrogen) atoms. The van der Waals surface area contributed by atoms with Crippen molar-refractivity contribution in [2.75, 3.05) is 5.32 Å². The van der Waals surface area contributed by atoms with Gasteiger partial charge >= 0.3 is 114 Å².